The molecule has 0 amide bonds. The first-order valence-electron chi connectivity index (χ1n) is 6.87. The average Bonchev–Trinajstić information content (AvgIpc) is 2.57. The highest BCUT2D eigenvalue weighted by Gasteiger charge is 2.34. The van der Waals surface area contributed by atoms with Crippen molar-refractivity contribution in [2.75, 3.05) is 0 Å². The van der Waals surface area contributed by atoms with E-state index in [9.17, 15) is 0 Å². The molecule has 1 unspecified atom stereocenters. The minimum atomic E-state index is 0.171. The van der Waals surface area contributed by atoms with Crippen molar-refractivity contribution in [3.8, 4) is 0 Å². The van der Waals surface area contributed by atoms with Crippen molar-refractivity contribution in [1.82, 2.24) is 9.78 Å². The largest absolute Gasteiger partial charge is 0.327 e. The minimum Gasteiger partial charge on any atom is -0.327 e. The Bertz CT molecular complexity index is 419. The van der Waals surface area contributed by atoms with E-state index in [0.717, 1.165) is 22.8 Å². The number of nitrogens with two attached hydrogens (primary N) is 1. The maximum Gasteiger partial charge on any atom is 0.0847 e. The lowest BCUT2D eigenvalue weighted by molar-refractivity contribution is 0.167. The van der Waals surface area contributed by atoms with Crippen LogP contribution in [-0.2, 0) is 13.5 Å². The maximum absolute atomic E-state index is 6.46. The zero-order chi connectivity index (χ0) is 13.3. The van der Waals surface area contributed by atoms with Crippen LogP contribution in [0.5, 0.6) is 0 Å². The Labute approximate surface area is 115 Å². The van der Waals surface area contributed by atoms with Crippen LogP contribution in [0, 0.1) is 12.3 Å². The Morgan fingerprint density at radius 2 is 2.00 bits per heavy atom. The van der Waals surface area contributed by atoms with Crippen molar-refractivity contribution in [3.05, 3.63) is 16.4 Å². The summed E-state index contributed by atoms with van der Waals surface area (Å²) in [5.41, 5.74) is 8.70. The van der Waals surface area contributed by atoms with Crippen molar-refractivity contribution >= 4 is 11.6 Å². The summed E-state index contributed by atoms with van der Waals surface area (Å²) >= 11 is 6.30. The summed E-state index contributed by atoms with van der Waals surface area (Å²) in [6.07, 6.45) is 7.27. The van der Waals surface area contributed by atoms with Crippen LogP contribution >= 0.6 is 11.6 Å². The highest BCUT2D eigenvalue weighted by atomic mass is 35.5. The highest BCUT2D eigenvalue weighted by molar-refractivity contribution is 6.31. The zero-order valence-corrected chi connectivity index (χ0v) is 12.4. The molecule has 2 N–H and O–H groups in total. The van der Waals surface area contributed by atoms with Crippen LogP contribution in [0.1, 0.15) is 50.4 Å². The predicted octanol–water partition coefficient (Wildman–Crippen LogP) is 3.22. The van der Waals surface area contributed by atoms with Crippen molar-refractivity contribution in [3.63, 3.8) is 0 Å². The van der Waals surface area contributed by atoms with Crippen molar-refractivity contribution < 1.29 is 0 Å². The topological polar surface area (TPSA) is 43.8 Å². The molecule has 102 valence electrons. The number of aryl methyl sites for hydroxylation is 2. The molecule has 1 heterocycles. The third-order valence-electron chi connectivity index (χ3n) is 4.57. The molecule has 0 spiro atoms. The van der Waals surface area contributed by atoms with E-state index in [-0.39, 0.29) is 11.5 Å². The molecule has 1 aliphatic carbocycles. The van der Waals surface area contributed by atoms with Gasteiger partial charge in [-0.2, -0.15) is 5.10 Å². The van der Waals surface area contributed by atoms with E-state index in [4.69, 9.17) is 17.3 Å². The Morgan fingerprint density at radius 3 is 2.50 bits per heavy atom. The average molecular weight is 270 g/mol. The summed E-state index contributed by atoms with van der Waals surface area (Å²) in [6.45, 7) is 4.27. The molecule has 4 heteroatoms. The quantitative estimate of drug-likeness (QED) is 0.916. The van der Waals surface area contributed by atoms with Crippen molar-refractivity contribution in [2.24, 2.45) is 18.2 Å². The molecule has 1 aromatic heterocycles. The fraction of sp³-hybridized carbons (Fsp3) is 0.786. The second-order valence-corrected chi connectivity index (χ2v) is 6.37. The first-order chi connectivity index (χ1) is 8.44. The van der Waals surface area contributed by atoms with Crippen LogP contribution in [0.15, 0.2) is 0 Å². The fourth-order valence-electron chi connectivity index (χ4n) is 3.09. The summed E-state index contributed by atoms with van der Waals surface area (Å²) in [4.78, 5) is 0. The van der Waals surface area contributed by atoms with Crippen LogP contribution in [-0.4, -0.2) is 15.8 Å². The Hall–Kier alpha value is -0.540. The molecular weight excluding hydrogens is 246 g/mol. The smallest absolute Gasteiger partial charge is 0.0847 e. The van der Waals surface area contributed by atoms with Gasteiger partial charge in [0.15, 0.2) is 0 Å². The summed E-state index contributed by atoms with van der Waals surface area (Å²) in [6, 6.07) is 0.171. The Morgan fingerprint density at radius 1 is 1.39 bits per heavy atom. The second-order valence-electron chi connectivity index (χ2n) is 6.00. The maximum atomic E-state index is 6.46. The van der Waals surface area contributed by atoms with Crippen LogP contribution in [0.3, 0.4) is 0 Å². The molecular formula is C14H24ClN3. The lowest BCUT2D eigenvalue weighted by Crippen LogP contribution is -2.42. The predicted molar refractivity (Wildman–Crippen MR) is 75.8 cm³/mol. The van der Waals surface area contributed by atoms with Crippen LogP contribution in [0.2, 0.25) is 5.02 Å². The Kier molecular flexibility index (Phi) is 4.02. The lowest BCUT2D eigenvalue weighted by atomic mass is 9.69. The van der Waals surface area contributed by atoms with Crippen LogP contribution in [0.25, 0.3) is 0 Å². The molecule has 1 atom stereocenters. The van der Waals surface area contributed by atoms with Crippen molar-refractivity contribution in [2.45, 2.75) is 58.4 Å². The van der Waals surface area contributed by atoms with E-state index in [1.165, 1.54) is 32.1 Å². The molecule has 1 aromatic rings. The molecule has 0 aliphatic heterocycles. The summed E-state index contributed by atoms with van der Waals surface area (Å²) in [7, 11) is 1.95. The van der Waals surface area contributed by atoms with E-state index in [2.05, 4.69) is 12.0 Å². The highest BCUT2D eigenvalue weighted by Crippen LogP contribution is 2.39. The molecule has 2 rings (SSSR count). The van der Waals surface area contributed by atoms with Gasteiger partial charge >= 0.3 is 0 Å². The number of rotatable bonds is 3. The van der Waals surface area contributed by atoms with Gasteiger partial charge in [0.25, 0.3) is 0 Å². The third kappa shape index (κ3) is 2.57. The van der Waals surface area contributed by atoms with Gasteiger partial charge in [0.1, 0.15) is 0 Å². The van der Waals surface area contributed by atoms with E-state index in [1.54, 1.807) is 0 Å². The van der Waals surface area contributed by atoms with Gasteiger partial charge < -0.3 is 5.73 Å². The summed E-state index contributed by atoms with van der Waals surface area (Å²) < 4.78 is 1.88. The molecule has 1 aliphatic rings. The Balaban J connectivity index is 2.13. The van der Waals surface area contributed by atoms with E-state index in [0.29, 0.717) is 0 Å². The number of nitrogens with zero attached hydrogens (tertiary/aromatic N) is 2. The van der Waals surface area contributed by atoms with Crippen LogP contribution in [0.4, 0.5) is 0 Å². The number of halogens is 1. The van der Waals surface area contributed by atoms with Gasteiger partial charge in [-0.1, -0.05) is 37.8 Å². The van der Waals surface area contributed by atoms with E-state index in [1.807, 2.05) is 18.7 Å². The standard InChI is InChI=1S/C14H24ClN3/c1-10-13(15)11(18(3)17-10)9-12(16)14(2)7-5-4-6-8-14/h12H,4-9,16H2,1-3H3. The molecule has 0 radical (unpaired) electrons. The van der Waals surface area contributed by atoms with Gasteiger partial charge in [0.2, 0.25) is 0 Å². The third-order valence-corrected chi connectivity index (χ3v) is 5.06. The van der Waals surface area contributed by atoms with E-state index >= 15 is 0 Å². The fourth-order valence-corrected chi connectivity index (χ4v) is 3.32. The number of hydrogen-bond donors (Lipinski definition) is 1. The molecule has 1 fully saturated rings. The molecule has 0 bridgehead atoms. The number of hydrogen-bond acceptors (Lipinski definition) is 2. The van der Waals surface area contributed by atoms with Gasteiger partial charge in [0, 0.05) is 19.5 Å². The van der Waals surface area contributed by atoms with Gasteiger partial charge in [-0.05, 0) is 25.2 Å². The molecule has 0 saturated heterocycles. The van der Waals surface area contributed by atoms with Crippen molar-refractivity contribution in [1.29, 1.82) is 0 Å². The van der Waals surface area contributed by atoms with Gasteiger partial charge in [-0.15, -0.1) is 0 Å². The molecule has 18 heavy (non-hydrogen) atoms. The number of aromatic nitrogens is 2. The van der Waals surface area contributed by atoms with Gasteiger partial charge in [-0.3, -0.25) is 4.68 Å². The zero-order valence-electron chi connectivity index (χ0n) is 11.7. The van der Waals surface area contributed by atoms with E-state index < -0.39 is 0 Å². The second kappa shape index (κ2) is 5.22. The first kappa shape index (κ1) is 13.9. The minimum absolute atomic E-state index is 0.171. The first-order valence-corrected chi connectivity index (χ1v) is 7.25. The normalized spacial score (nSPS) is 20.9. The van der Waals surface area contributed by atoms with Crippen LogP contribution < -0.4 is 5.73 Å². The summed E-state index contributed by atoms with van der Waals surface area (Å²) in [5.74, 6) is 0. The lowest BCUT2D eigenvalue weighted by Gasteiger charge is -2.39. The SMILES string of the molecule is Cc1nn(C)c(CC(N)C2(C)CCCCC2)c1Cl. The van der Waals surface area contributed by atoms with Gasteiger partial charge in [0.05, 0.1) is 16.4 Å². The van der Waals surface area contributed by atoms with Gasteiger partial charge in [-0.25, -0.2) is 0 Å². The molecule has 1 saturated carbocycles. The molecule has 3 nitrogen and oxygen atoms in total. The summed E-state index contributed by atoms with van der Waals surface area (Å²) in [5, 5.41) is 5.15. The monoisotopic (exact) mass is 269 g/mol. The molecule has 0 aromatic carbocycles.